The van der Waals surface area contributed by atoms with E-state index >= 15 is 0 Å². The van der Waals surface area contributed by atoms with Crippen molar-refractivity contribution in [3.05, 3.63) is 52.7 Å². The quantitative estimate of drug-likeness (QED) is 0.827. The molecule has 2 aliphatic heterocycles. The van der Waals surface area contributed by atoms with Gasteiger partial charge in [-0.05, 0) is 36.3 Å². The molecule has 0 radical (unpaired) electrons. The zero-order valence-corrected chi connectivity index (χ0v) is 16.4. The normalized spacial score (nSPS) is 20.5. The van der Waals surface area contributed by atoms with Gasteiger partial charge in [0.1, 0.15) is 5.76 Å². The SMILES string of the molecule is CCc1ccc(CN2CCc3oc(C(=O)N4CCC[C@H](C)C4)nc3C2)cc1. The highest BCUT2D eigenvalue weighted by Gasteiger charge is 2.29. The van der Waals surface area contributed by atoms with Crippen LogP contribution in [0.1, 0.15) is 60.0 Å². The molecule has 1 fully saturated rings. The molecule has 2 aromatic rings. The van der Waals surface area contributed by atoms with Gasteiger partial charge in [0, 0.05) is 39.1 Å². The number of hydrogen-bond donors (Lipinski definition) is 0. The summed E-state index contributed by atoms with van der Waals surface area (Å²) in [5.74, 6) is 1.68. The molecule has 0 N–H and O–H groups in total. The molecule has 1 amide bonds. The second-order valence-corrected chi connectivity index (χ2v) is 8.02. The average Bonchev–Trinajstić information content (AvgIpc) is 3.11. The van der Waals surface area contributed by atoms with E-state index in [1.165, 1.54) is 17.5 Å². The molecule has 1 aromatic heterocycles. The molecule has 1 saturated heterocycles. The van der Waals surface area contributed by atoms with Crippen LogP contribution in [0.4, 0.5) is 0 Å². The molecule has 0 spiro atoms. The van der Waals surface area contributed by atoms with Gasteiger partial charge in [-0.25, -0.2) is 4.98 Å². The van der Waals surface area contributed by atoms with Crippen molar-refractivity contribution in [3.63, 3.8) is 0 Å². The van der Waals surface area contributed by atoms with Crippen molar-refractivity contribution in [2.45, 2.75) is 52.6 Å². The summed E-state index contributed by atoms with van der Waals surface area (Å²) in [6.07, 6.45) is 4.15. The lowest BCUT2D eigenvalue weighted by Crippen LogP contribution is -2.39. The number of oxazole rings is 1. The van der Waals surface area contributed by atoms with Gasteiger partial charge in [-0.2, -0.15) is 0 Å². The summed E-state index contributed by atoms with van der Waals surface area (Å²) in [4.78, 5) is 21.6. The van der Waals surface area contributed by atoms with Crippen molar-refractivity contribution < 1.29 is 9.21 Å². The lowest BCUT2D eigenvalue weighted by atomic mass is 10.0. The van der Waals surface area contributed by atoms with Gasteiger partial charge in [-0.3, -0.25) is 9.69 Å². The Morgan fingerprint density at radius 2 is 2.00 bits per heavy atom. The first-order chi connectivity index (χ1) is 13.1. The van der Waals surface area contributed by atoms with Gasteiger partial charge in [-0.15, -0.1) is 0 Å². The number of carbonyl (C=O) groups is 1. The Labute approximate surface area is 161 Å². The number of piperidine rings is 1. The topological polar surface area (TPSA) is 49.6 Å². The van der Waals surface area contributed by atoms with Crippen molar-refractivity contribution >= 4 is 5.91 Å². The number of benzene rings is 1. The molecule has 0 saturated carbocycles. The van der Waals surface area contributed by atoms with Crippen LogP contribution in [0.15, 0.2) is 28.7 Å². The minimum Gasteiger partial charge on any atom is -0.437 e. The third kappa shape index (κ3) is 4.08. The molecule has 3 heterocycles. The fourth-order valence-electron chi connectivity index (χ4n) is 4.13. The van der Waals surface area contributed by atoms with Crippen LogP contribution in [0.5, 0.6) is 0 Å². The average molecular weight is 367 g/mol. The van der Waals surface area contributed by atoms with Crippen LogP contribution in [0.3, 0.4) is 0 Å². The van der Waals surface area contributed by atoms with Gasteiger partial charge < -0.3 is 9.32 Å². The second kappa shape index (κ2) is 7.85. The van der Waals surface area contributed by atoms with Gasteiger partial charge in [-0.1, -0.05) is 38.1 Å². The highest BCUT2D eigenvalue weighted by molar-refractivity contribution is 5.89. The van der Waals surface area contributed by atoms with E-state index in [2.05, 4.69) is 48.0 Å². The second-order valence-electron chi connectivity index (χ2n) is 8.02. The van der Waals surface area contributed by atoms with E-state index < -0.39 is 0 Å². The number of likely N-dealkylation sites (tertiary alicyclic amines) is 1. The maximum absolute atomic E-state index is 12.8. The predicted molar refractivity (Wildman–Crippen MR) is 104 cm³/mol. The Morgan fingerprint density at radius 3 is 2.74 bits per heavy atom. The molecular formula is C22H29N3O2. The highest BCUT2D eigenvalue weighted by atomic mass is 16.4. The maximum Gasteiger partial charge on any atom is 0.309 e. The van der Waals surface area contributed by atoms with Crippen molar-refractivity contribution in [2.75, 3.05) is 19.6 Å². The molecule has 4 rings (SSSR count). The summed E-state index contributed by atoms with van der Waals surface area (Å²) in [5.41, 5.74) is 3.61. The summed E-state index contributed by atoms with van der Waals surface area (Å²) >= 11 is 0. The monoisotopic (exact) mass is 367 g/mol. The van der Waals surface area contributed by atoms with Gasteiger partial charge in [0.05, 0.1) is 5.69 Å². The highest BCUT2D eigenvalue weighted by Crippen LogP contribution is 2.24. The van der Waals surface area contributed by atoms with E-state index in [1.807, 2.05) is 4.90 Å². The van der Waals surface area contributed by atoms with Crippen LogP contribution in [-0.2, 0) is 25.9 Å². The molecule has 1 atom stereocenters. The standard InChI is InChI=1S/C22H29N3O2/c1-3-17-6-8-18(9-7-17)14-24-12-10-20-19(15-24)23-21(27-20)22(26)25-11-4-5-16(2)13-25/h6-9,16H,3-5,10-15H2,1-2H3/t16-/m0/s1. The number of aromatic nitrogens is 1. The summed E-state index contributed by atoms with van der Waals surface area (Å²) in [6.45, 7) is 8.59. The molecule has 0 unspecified atom stereocenters. The van der Waals surface area contributed by atoms with Gasteiger partial charge in [0.25, 0.3) is 5.89 Å². The molecular weight excluding hydrogens is 338 g/mol. The van der Waals surface area contributed by atoms with Gasteiger partial charge >= 0.3 is 5.91 Å². The minimum atomic E-state index is -0.0438. The molecule has 144 valence electrons. The van der Waals surface area contributed by atoms with E-state index in [9.17, 15) is 4.79 Å². The number of fused-ring (bicyclic) bond motifs is 1. The number of nitrogens with zero attached hydrogens (tertiary/aromatic N) is 3. The number of hydrogen-bond acceptors (Lipinski definition) is 4. The van der Waals surface area contributed by atoms with Crippen molar-refractivity contribution in [1.82, 2.24) is 14.8 Å². The van der Waals surface area contributed by atoms with Gasteiger partial charge in [0.15, 0.2) is 0 Å². The van der Waals surface area contributed by atoms with Crippen LogP contribution in [0.2, 0.25) is 0 Å². The van der Waals surface area contributed by atoms with E-state index in [0.29, 0.717) is 5.92 Å². The van der Waals surface area contributed by atoms with E-state index in [0.717, 1.165) is 63.4 Å². The van der Waals surface area contributed by atoms with Crippen LogP contribution in [0.25, 0.3) is 0 Å². The summed E-state index contributed by atoms with van der Waals surface area (Å²) in [5, 5.41) is 0. The first kappa shape index (κ1) is 18.2. The van der Waals surface area contributed by atoms with Crippen LogP contribution in [0, 0.1) is 5.92 Å². The Bertz CT molecular complexity index is 796. The first-order valence-corrected chi connectivity index (χ1v) is 10.2. The van der Waals surface area contributed by atoms with Crippen molar-refractivity contribution in [1.29, 1.82) is 0 Å². The molecule has 1 aromatic carbocycles. The Morgan fingerprint density at radius 1 is 1.22 bits per heavy atom. The van der Waals surface area contributed by atoms with E-state index in [-0.39, 0.29) is 11.8 Å². The third-order valence-electron chi connectivity index (χ3n) is 5.77. The van der Waals surface area contributed by atoms with Crippen LogP contribution >= 0.6 is 0 Å². The third-order valence-corrected chi connectivity index (χ3v) is 5.77. The molecule has 0 bridgehead atoms. The molecule has 0 aliphatic carbocycles. The maximum atomic E-state index is 12.8. The lowest BCUT2D eigenvalue weighted by molar-refractivity contribution is 0.0640. The van der Waals surface area contributed by atoms with Crippen LogP contribution in [-0.4, -0.2) is 40.3 Å². The zero-order valence-electron chi connectivity index (χ0n) is 16.4. The number of rotatable bonds is 4. The van der Waals surface area contributed by atoms with Crippen molar-refractivity contribution in [3.8, 4) is 0 Å². The predicted octanol–water partition coefficient (Wildman–Crippen LogP) is 3.67. The largest absolute Gasteiger partial charge is 0.437 e. The van der Waals surface area contributed by atoms with Crippen molar-refractivity contribution in [2.24, 2.45) is 5.92 Å². The Kier molecular flexibility index (Phi) is 5.30. The fraction of sp³-hybridized carbons (Fsp3) is 0.545. The summed E-state index contributed by atoms with van der Waals surface area (Å²) < 4.78 is 5.86. The zero-order chi connectivity index (χ0) is 18.8. The summed E-state index contributed by atoms with van der Waals surface area (Å²) in [7, 11) is 0. The van der Waals surface area contributed by atoms with E-state index in [1.54, 1.807) is 0 Å². The van der Waals surface area contributed by atoms with E-state index in [4.69, 9.17) is 4.42 Å². The fourth-order valence-corrected chi connectivity index (χ4v) is 4.13. The number of carbonyl (C=O) groups excluding carboxylic acids is 1. The lowest BCUT2D eigenvalue weighted by Gasteiger charge is -2.29. The van der Waals surface area contributed by atoms with Crippen LogP contribution < -0.4 is 0 Å². The smallest absolute Gasteiger partial charge is 0.309 e. The summed E-state index contributed by atoms with van der Waals surface area (Å²) in [6, 6.07) is 8.83. The Hall–Kier alpha value is -2.14. The molecule has 5 nitrogen and oxygen atoms in total. The minimum absolute atomic E-state index is 0.0438. The number of amides is 1. The number of aryl methyl sites for hydroxylation is 1. The molecule has 5 heteroatoms. The molecule has 2 aliphatic rings. The Balaban J connectivity index is 1.41. The van der Waals surface area contributed by atoms with Gasteiger partial charge in [0.2, 0.25) is 0 Å². The first-order valence-electron chi connectivity index (χ1n) is 10.2. The molecule has 27 heavy (non-hydrogen) atoms.